The highest BCUT2D eigenvalue weighted by atomic mass is 19.1. The lowest BCUT2D eigenvalue weighted by atomic mass is 9.94. The lowest BCUT2D eigenvalue weighted by Crippen LogP contribution is -2.54. The number of carbonyl (C=O) groups excluding carboxylic acids is 1. The number of carbonyl (C=O) groups is 1. The van der Waals surface area contributed by atoms with E-state index in [-0.39, 0.29) is 17.9 Å². The molecule has 2 aliphatic rings. The van der Waals surface area contributed by atoms with Gasteiger partial charge >= 0.3 is 6.03 Å². The van der Waals surface area contributed by atoms with Crippen LogP contribution in [-0.4, -0.2) is 53.1 Å². The van der Waals surface area contributed by atoms with E-state index in [1.165, 1.54) is 12.1 Å². The fourth-order valence-electron chi connectivity index (χ4n) is 4.24. The zero-order valence-corrected chi connectivity index (χ0v) is 15.9. The van der Waals surface area contributed by atoms with Crippen molar-refractivity contribution in [2.24, 2.45) is 5.92 Å². The van der Waals surface area contributed by atoms with Crippen LogP contribution < -0.4 is 10.2 Å². The highest BCUT2D eigenvalue weighted by molar-refractivity contribution is 5.75. The minimum absolute atomic E-state index is 0.0230. The molecule has 2 aromatic rings. The largest absolute Gasteiger partial charge is 0.352 e. The average Bonchev–Trinajstić information content (AvgIpc) is 3.17. The number of nitrogens with zero attached hydrogens (tertiary/aromatic N) is 4. The van der Waals surface area contributed by atoms with E-state index in [0.717, 1.165) is 50.2 Å². The van der Waals surface area contributed by atoms with Crippen molar-refractivity contribution >= 4 is 11.8 Å². The molecule has 2 heterocycles. The summed E-state index contributed by atoms with van der Waals surface area (Å²) in [6.07, 6.45) is 9.23. The predicted octanol–water partition coefficient (Wildman–Crippen LogP) is 2.86. The second-order valence-electron chi connectivity index (χ2n) is 7.62. The van der Waals surface area contributed by atoms with Crippen LogP contribution in [0.3, 0.4) is 0 Å². The molecule has 1 saturated heterocycles. The minimum Gasteiger partial charge on any atom is -0.352 e. The smallest absolute Gasteiger partial charge is 0.317 e. The molecule has 1 N–H and O–H groups in total. The van der Waals surface area contributed by atoms with Crippen molar-refractivity contribution in [3.63, 3.8) is 0 Å². The SMILES string of the molecule is O=C(NC1CCCC1Cc1ccc(F)cc1)N1CCN(c2cnccn2)CC1. The molecule has 0 radical (unpaired) electrons. The molecule has 1 aliphatic heterocycles. The molecule has 28 heavy (non-hydrogen) atoms. The maximum absolute atomic E-state index is 13.1. The van der Waals surface area contributed by atoms with Crippen LogP contribution >= 0.6 is 0 Å². The number of aromatic nitrogens is 2. The lowest BCUT2D eigenvalue weighted by Gasteiger charge is -2.36. The first kappa shape index (κ1) is 18.7. The Morgan fingerprint density at radius 3 is 2.61 bits per heavy atom. The second-order valence-corrected chi connectivity index (χ2v) is 7.62. The van der Waals surface area contributed by atoms with Crippen LogP contribution in [0, 0.1) is 11.7 Å². The Hall–Kier alpha value is -2.70. The maximum atomic E-state index is 13.1. The molecular weight excluding hydrogens is 357 g/mol. The number of amides is 2. The third kappa shape index (κ3) is 4.40. The Kier molecular flexibility index (Phi) is 5.69. The molecule has 0 spiro atoms. The van der Waals surface area contributed by atoms with Gasteiger partial charge in [-0.2, -0.15) is 0 Å². The van der Waals surface area contributed by atoms with Gasteiger partial charge in [-0.3, -0.25) is 4.98 Å². The van der Waals surface area contributed by atoms with E-state index in [4.69, 9.17) is 0 Å². The molecular formula is C21H26FN5O. The molecule has 7 heteroatoms. The number of piperazine rings is 1. The van der Waals surface area contributed by atoms with E-state index in [9.17, 15) is 9.18 Å². The molecule has 1 aliphatic carbocycles. The van der Waals surface area contributed by atoms with Gasteiger partial charge < -0.3 is 15.1 Å². The maximum Gasteiger partial charge on any atom is 0.317 e. The van der Waals surface area contributed by atoms with Crippen molar-refractivity contribution in [3.05, 3.63) is 54.2 Å². The van der Waals surface area contributed by atoms with E-state index >= 15 is 0 Å². The Bertz CT molecular complexity index is 777. The number of halogens is 1. The fraction of sp³-hybridized carbons (Fsp3) is 0.476. The van der Waals surface area contributed by atoms with E-state index in [1.807, 2.05) is 17.0 Å². The van der Waals surface area contributed by atoms with Crippen LogP contribution in [0.4, 0.5) is 15.0 Å². The molecule has 2 amide bonds. The van der Waals surface area contributed by atoms with Crippen LogP contribution in [0.5, 0.6) is 0 Å². The van der Waals surface area contributed by atoms with Gasteiger partial charge in [0.1, 0.15) is 11.6 Å². The lowest BCUT2D eigenvalue weighted by molar-refractivity contribution is 0.187. The van der Waals surface area contributed by atoms with Gasteiger partial charge in [-0.25, -0.2) is 14.2 Å². The first-order valence-electron chi connectivity index (χ1n) is 10.00. The third-order valence-corrected chi connectivity index (χ3v) is 5.82. The Morgan fingerprint density at radius 1 is 1.11 bits per heavy atom. The topological polar surface area (TPSA) is 61.4 Å². The summed E-state index contributed by atoms with van der Waals surface area (Å²) in [6, 6.07) is 6.92. The second kappa shape index (κ2) is 8.54. The van der Waals surface area contributed by atoms with Gasteiger partial charge in [0, 0.05) is 44.6 Å². The summed E-state index contributed by atoms with van der Waals surface area (Å²) >= 11 is 0. The molecule has 1 aromatic carbocycles. The van der Waals surface area contributed by atoms with Crippen LogP contribution in [-0.2, 0) is 6.42 Å². The fourth-order valence-corrected chi connectivity index (χ4v) is 4.24. The highest BCUT2D eigenvalue weighted by Gasteiger charge is 2.31. The van der Waals surface area contributed by atoms with Gasteiger partial charge in [0.2, 0.25) is 0 Å². The van der Waals surface area contributed by atoms with Crippen molar-refractivity contribution in [3.8, 4) is 0 Å². The van der Waals surface area contributed by atoms with Gasteiger partial charge in [-0.15, -0.1) is 0 Å². The minimum atomic E-state index is -0.208. The number of anilines is 1. The summed E-state index contributed by atoms with van der Waals surface area (Å²) in [6.45, 7) is 2.88. The average molecular weight is 383 g/mol. The zero-order valence-electron chi connectivity index (χ0n) is 15.9. The molecule has 4 rings (SSSR count). The molecule has 2 fully saturated rings. The molecule has 148 valence electrons. The quantitative estimate of drug-likeness (QED) is 0.882. The first-order chi connectivity index (χ1) is 13.7. The number of nitrogens with one attached hydrogen (secondary N) is 1. The van der Waals surface area contributed by atoms with Gasteiger partial charge in [-0.05, 0) is 42.9 Å². The molecule has 1 saturated carbocycles. The predicted molar refractivity (Wildman–Crippen MR) is 106 cm³/mol. The van der Waals surface area contributed by atoms with Gasteiger partial charge in [0.25, 0.3) is 0 Å². The normalized spacial score (nSPS) is 22.3. The van der Waals surface area contributed by atoms with Crippen LogP contribution in [0.2, 0.25) is 0 Å². The molecule has 2 atom stereocenters. The molecule has 2 unspecified atom stereocenters. The first-order valence-corrected chi connectivity index (χ1v) is 10.00. The molecule has 0 bridgehead atoms. The molecule has 1 aromatic heterocycles. The Morgan fingerprint density at radius 2 is 1.89 bits per heavy atom. The third-order valence-electron chi connectivity index (χ3n) is 5.82. The summed E-state index contributed by atoms with van der Waals surface area (Å²) in [4.78, 5) is 25.2. The Labute approximate surface area is 164 Å². The standard InChI is InChI=1S/C21H26FN5O/c22-18-6-4-16(5-7-18)14-17-2-1-3-19(17)25-21(28)27-12-10-26(11-13-27)20-15-23-8-9-24-20/h4-9,15,17,19H,1-3,10-14H2,(H,25,28). The number of hydrogen-bond donors (Lipinski definition) is 1. The monoisotopic (exact) mass is 383 g/mol. The summed E-state index contributed by atoms with van der Waals surface area (Å²) in [7, 11) is 0. The summed E-state index contributed by atoms with van der Waals surface area (Å²) in [5.74, 6) is 1.06. The van der Waals surface area contributed by atoms with Crippen LogP contribution in [0.25, 0.3) is 0 Å². The number of hydrogen-bond acceptors (Lipinski definition) is 4. The Balaban J connectivity index is 1.29. The summed E-state index contributed by atoms with van der Waals surface area (Å²) in [5.41, 5.74) is 1.13. The highest BCUT2D eigenvalue weighted by Crippen LogP contribution is 2.29. The number of benzene rings is 1. The number of rotatable bonds is 4. The van der Waals surface area contributed by atoms with Crippen molar-refractivity contribution in [1.82, 2.24) is 20.2 Å². The molecule has 6 nitrogen and oxygen atoms in total. The van der Waals surface area contributed by atoms with Crippen LogP contribution in [0.15, 0.2) is 42.9 Å². The van der Waals surface area contributed by atoms with E-state index in [0.29, 0.717) is 19.0 Å². The summed E-state index contributed by atoms with van der Waals surface area (Å²) < 4.78 is 13.1. The van der Waals surface area contributed by atoms with E-state index in [1.54, 1.807) is 18.6 Å². The van der Waals surface area contributed by atoms with Crippen molar-refractivity contribution in [2.45, 2.75) is 31.7 Å². The van der Waals surface area contributed by atoms with Crippen LogP contribution in [0.1, 0.15) is 24.8 Å². The zero-order chi connectivity index (χ0) is 19.3. The van der Waals surface area contributed by atoms with Gasteiger partial charge in [0.15, 0.2) is 0 Å². The van der Waals surface area contributed by atoms with E-state index < -0.39 is 0 Å². The van der Waals surface area contributed by atoms with E-state index in [2.05, 4.69) is 20.2 Å². The van der Waals surface area contributed by atoms with Crippen molar-refractivity contribution in [2.75, 3.05) is 31.1 Å². The van der Waals surface area contributed by atoms with Crippen molar-refractivity contribution in [1.29, 1.82) is 0 Å². The van der Waals surface area contributed by atoms with Gasteiger partial charge in [-0.1, -0.05) is 18.6 Å². The van der Waals surface area contributed by atoms with Gasteiger partial charge in [0.05, 0.1) is 6.20 Å². The summed E-state index contributed by atoms with van der Waals surface area (Å²) in [5, 5.41) is 3.25. The number of urea groups is 1. The van der Waals surface area contributed by atoms with Crippen molar-refractivity contribution < 1.29 is 9.18 Å².